The SMILES string of the molecule is CCN(CC)c1ccc2cc(-c3cccc(-c4cc5ccccc5oc4=O)n3)c(=O)oc2c1. The van der Waals surface area contributed by atoms with Crippen LogP contribution in [-0.2, 0) is 0 Å². The Morgan fingerprint density at radius 1 is 0.697 bits per heavy atom. The number of para-hydroxylation sites is 1. The molecule has 0 aliphatic rings. The predicted octanol–water partition coefficient (Wildman–Crippen LogP) is 5.47. The van der Waals surface area contributed by atoms with Crippen molar-refractivity contribution in [3.05, 3.63) is 93.6 Å². The summed E-state index contributed by atoms with van der Waals surface area (Å²) < 4.78 is 11.1. The van der Waals surface area contributed by atoms with Crippen LogP contribution in [0.3, 0.4) is 0 Å². The molecule has 5 aromatic rings. The third-order valence-electron chi connectivity index (χ3n) is 5.79. The standard InChI is InChI=1S/C27H22N2O4/c1-3-29(4-2)19-13-12-18-15-21(27(31)33-25(18)16-19)23-10-7-9-22(28-23)20-14-17-8-5-6-11-24(17)32-26(20)30/h5-16H,3-4H2,1-2H3. The van der Waals surface area contributed by atoms with E-state index in [0.29, 0.717) is 33.7 Å². The molecule has 0 bridgehead atoms. The molecule has 164 valence electrons. The second kappa shape index (κ2) is 8.39. The van der Waals surface area contributed by atoms with Crippen molar-refractivity contribution in [1.29, 1.82) is 0 Å². The first-order chi connectivity index (χ1) is 16.1. The van der Waals surface area contributed by atoms with Crippen molar-refractivity contribution in [3.63, 3.8) is 0 Å². The Kier molecular flexibility index (Phi) is 5.26. The number of aromatic nitrogens is 1. The number of pyridine rings is 1. The molecular weight excluding hydrogens is 416 g/mol. The first-order valence-electron chi connectivity index (χ1n) is 10.9. The molecule has 0 atom stereocenters. The van der Waals surface area contributed by atoms with Crippen LogP contribution in [0.5, 0.6) is 0 Å². The van der Waals surface area contributed by atoms with E-state index in [0.717, 1.165) is 29.5 Å². The number of hydrogen-bond donors (Lipinski definition) is 0. The molecule has 0 saturated heterocycles. The Labute approximate surface area is 189 Å². The average Bonchev–Trinajstić information content (AvgIpc) is 2.84. The summed E-state index contributed by atoms with van der Waals surface area (Å²) in [4.78, 5) is 32.2. The Hall–Kier alpha value is -4.19. The predicted molar refractivity (Wildman–Crippen MR) is 131 cm³/mol. The molecule has 33 heavy (non-hydrogen) atoms. The fourth-order valence-electron chi connectivity index (χ4n) is 4.04. The van der Waals surface area contributed by atoms with E-state index >= 15 is 0 Å². The van der Waals surface area contributed by atoms with Gasteiger partial charge in [-0.3, -0.25) is 0 Å². The van der Waals surface area contributed by atoms with Gasteiger partial charge in [-0.2, -0.15) is 0 Å². The number of fused-ring (bicyclic) bond motifs is 2. The highest BCUT2D eigenvalue weighted by atomic mass is 16.4. The highest BCUT2D eigenvalue weighted by molar-refractivity contribution is 5.85. The summed E-state index contributed by atoms with van der Waals surface area (Å²) in [6.45, 7) is 5.90. The summed E-state index contributed by atoms with van der Waals surface area (Å²) in [5.74, 6) is 0. The van der Waals surface area contributed by atoms with Crippen molar-refractivity contribution in [2.24, 2.45) is 0 Å². The van der Waals surface area contributed by atoms with Crippen LogP contribution in [0, 0.1) is 0 Å². The minimum absolute atomic E-state index is 0.338. The maximum Gasteiger partial charge on any atom is 0.345 e. The van der Waals surface area contributed by atoms with E-state index in [9.17, 15) is 9.59 Å². The molecule has 5 rings (SSSR count). The summed E-state index contributed by atoms with van der Waals surface area (Å²) in [6, 6.07) is 21.9. The molecule has 0 unspecified atom stereocenters. The van der Waals surface area contributed by atoms with Gasteiger partial charge in [0, 0.05) is 35.6 Å². The molecule has 6 heteroatoms. The topological polar surface area (TPSA) is 76.6 Å². The Morgan fingerprint density at radius 2 is 1.30 bits per heavy atom. The lowest BCUT2D eigenvalue weighted by Gasteiger charge is -2.21. The summed E-state index contributed by atoms with van der Waals surface area (Å²) >= 11 is 0. The molecule has 6 nitrogen and oxygen atoms in total. The monoisotopic (exact) mass is 438 g/mol. The van der Waals surface area contributed by atoms with Gasteiger partial charge in [0.1, 0.15) is 11.2 Å². The first kappa shape index (κ1) is 20.7. The van der Waals surface area contributed by atoms with Crippen LogP contribution in [0.15, 0.2) is 91.2 Å². The van der Waals surface area contributed by atoms with E-state index in [1.807, 2.05) is 36.4 Å². The van der Waals surface area contributed by atoms with Crippen molar-refractivity contribution >= 4 is 27.6 Å². The van der Waals surface area contributed by atoms with Gasteiger partial charge in [0.15, 0.2) is 0 Å². The number of anilines is 1. The van der Waals surface area contributed by atoms with Crippen LogP contribution in [0.2, 0.25) is 0 Å². The van der Waals surface area contributed by atoms with Crippen LogP contribution < -0.4 is 16.2 Å². The van der Waals surface area contributed by atoms with Crippen LogP contribution in [0.25, 0.3) is 44.5 Å². The largest absolute Gasteiger partial charge is 0.422 e. The summed E-state index contributed by atoms with van der Waals surface area (Å²) in [5.41, 5.74) is 2.64. The molecule has 0 saturated carbocycles. The first-order valence-corrected chi connectivity index (χ1v) is 10.9. The summed E-state index contributed by atoms with van der Waals surface area (Å²) in [5, 5.41) is 1.60. The fraction of sp³-hybridized carbons (Fsp3) is 0.148. The van der Waals surface area contributed by atoms with Crippen LogP contribution in [0.4, 0.5) is 5.69 Å². The van der Waals surface area contributed by atoms with Crippen molar-refractivity contribution < 1.29 is 8.83 Å². The van der Waals surface area contributed by atoms with Crippen molar-refractivity contribution in [1.82, 2.24) is 4.98 Å². The van der Waals surface area contributed by atoms with Gasteiger partial charge in [-0.1, -0.05) is 24.3 Å². The van der Waals surface area contributed by atoms with E-state index in [-0.39, 0.29) is 0 Å². The third kappa shape index (κ3) is 3.80. The average molecular weight is 438 g/mol. The van der Waals surface area contributed by atoms with E-state index in [2.05, 4.69) is 23.7 Å². The third-order valence-corrected chi connectivity index (χ3v) is 5.79. The number of hydrogen-bond acceptors (Lipinski definition) is 6. The van der Waals surface area contributed by atoms with Crippen LogP contribution >= 0.6 is 0 Å². The molecule has 0 radical (unpaired) electrons. The number of nitrogens with zero attached hydrogens (tertiary/aromatic N) is 2. The lowest BCUT2D eigenvalue weighted by atomic mass is 10.1. The number of benzene rings is 2. The van der Waals surface area contributed by atoms with Gasteiger partial charge in [-0.15, -0.1) is 0 Å². The van der Waals surface area contributed by atoms with Crippen LogP contribution in [0.1, 0.15) is 13.8 Å². The Bertz CT molecular complexity index is 1600. The summed E-state index contributed by atoms with van der Waals surface area (Å²) in [7, 11) is 0. The van der Waals surface area contributed by atoms with Crippen molar-refractivity contribution in [2.75, 3.05) is 18.0 Å². The van der Waals surface area contributed by atoms with Gasteiger partial charge >= 0.3 is 11.3 Å². The second-order valence-corrected chi connectivity index (χ2v) is 7.74. The zero-order chi connectivity index (χ0) is 22.9. The minimum atomic E-state index is -0.479. The van der Waals surface area contributed by atoms with E-state index in [1.165, 1.54) is 0 Å². The molecular formula is C27H22N2O4. The van der Waals surface area contributed by atoms with E-state index in [4.69, 9.17) is 8.83 Å². The van der Waals surface area contributed by atoms with Crippen molar-refractivity contribution in [3.8, 4) is 22.5 Å². The molecule has 0 spiro atoms. The maximum atomic E-state index is 12.8. The van der Waals surface area contributed by atoms with Gasteiger partial charge in [-0.05, 0) is 56.3 Å². The van der Waals surface area contributed by atoms with Gasteiger partial charge < -0.3 is 13.7 Å². The summed E-state index contributed by atoms with van der Waals surface area (Å²) in [6.07, 6.45) is 0. The van der Waals surface area contributed by atoms with Crippen molar-refractivity contribution in [2.45, 2.75) is 13.8 Å². The molecule has 3 aromatic heterocycles. The highest BCUT2D eigenvalue weighted by Gasteiger charge is 2.14. The lowest BCUT2D eigenvalue weighted by molar-refractivity contribution is 0.562. The van der Waals surface area contributed by atoms with Gasteiger partial charge in [0.05, 0.1) is 22.5 Å². The minimum Gasteiger partial charge on any atom is -0.422 e. The van der Waals surface area contributed by atoms with Gasteiger partial charge in [0.25, 0.3) is 0 Å². The zero-order valence-electron chi connectivity index (χ0n) is 18.4. The molecule has 3 heterocycles. The Morgan fingerprint density at radius 3 is 1.97 bits per heavy atom. The molecule has 0 amide bonds. The maximum absolute atomic E-state index is 12.8. The van der Waals surface area contributed by atoms with E-state index < -0.39 is 11.3 Å². The molecule has 0 fully saturated rings. The molecule has 0 aliphatic heterocycles. The Balaban J connectivity index is 1.60. The highest BCUT2D eigenvalue weighted by Crippen LogP contribution is 2.26. The molecule has 0 N–H and O–H groups in total. The quantitative estimate of drug-likeness (QED) is 0.339. The smallest absolute Gasteiger partial charge is 0.345 e. The molecule has 2 aromatic carbocycles. The number of rotatable bonds is 5. The van der Waals surface area contributed by atoms with Gasteiger partial charge in [-0.25, -0.2) is 14.6 Å². The van der Waals surface area contributed by atoms with E-state index in [1.54, 1.807) is 36.4 Å². The molecule has 0 aliphatic carbocycles. The lowest BCUT2D eigenvalue weighted by Crippen LogP contribution is -2.21. The normalized spacial score (nSPS) is 11.2. The zero-order valence-corrected chi connectivity index (χ0v) is 18.4. The fourth-order valence-corrected chi connectivity index (χ4v) is 4.04. The van der Waals surface area contributed by atoms with Crippen LogP contribution in [-0.4, -0.2) is 18.1 Å². The second-order valence-electron chi connectivity index (χ2n) is 7.74. The van der Waals surface area contributed by atoms with Gasteiger partial charge in [0.2, 0.25) is 0 Å².